The van der Waals surface area contributed by atoms with E-state index < -0.39 is 0 Å². The summed E-state index contributed by atoms with van der Waals surface area (Å²) in [6, 6.07) is 17.2. The molecule has 0 aliphatic carbocycles. The minimum Gasteiger partial charge on any atom is -0.493 e. The number of benzene rings is 2. The van der Waals surface area contributed by atoms with Gasteiger partial charge in [0.05, 0.1) is 19.9 Å². The number of nitrogens with two attached hydrogens (primary N) is 1. The summed E-state index contributed by atoms with van der Waals surface area (Å²) in [5, 5.41) is 9.61. The molecule has 6 heteroatoms. The van der Waals surface area contributed by atoms with Crippen LogP contribution in [0.3, 0.4) is 0 Å². The number of nitriles is 1. The largest absolute Gasteiger partial charge is 0.493 e. The van der Waals surface area contributed by atoms with E-state index in [4.69, 9.17) is 15.2 Å². The van der Waals surface area contributed by atoms with Gasteiger partial charge in [-0.25, -0.2) is 4.98 Å². The van der Waals surface area contributed by atoms with E-state index in [1.54, 1.807) is 20.3 Å². The monoisotopic (exact) mass is 409 g/mol. The average Bonchev–Trinajstić information content (AvgIpc) is 2.66. The van der Waals surface area contributed by atoms with E-state index >= 15 is 0 Å². The lowest BCUT2D eigenvalue weighted by molar-refractivity contribution is 0.356. The number of anilines is 1. The van der Waals surface area contributed by atoms with Gasteiger partial charge in [0.15, 0.2) is 11.5 Å². The van der Waals surface area contributed by atoms with Crippen LogP contribution < -0.4 is 15.2 Å². The molecule has 3 rings (SSSR count). The summed E-state index contributed by atoms with van der Waals surface area (Å²) < 4.78 is 11.8. The van der Waals surface area contributed by atoms with Crippen LogP contribution in [0.1, 0.15) is 5.56 Å². The van der Waals surface area contributed by atoms with Gasteiger partial charge in [-0.05, 0) is 24.3 Å². The number of halogens is 1. The van der Waals surface area contributed by atoms with E-state index in [1.165, 1.54) is 0 Å². The molecule has 0 amide bonds. The SMILES string of the molecule is COc1cccc(-c2cc(-c3cccc(Br)c3)nc(N)c2C#N)c1OC. The maximum Gasteiger partial charge on any atom is 0.168 e. The van der Waals surface area contributed by atoms with Gasteiger partial charge in [0.1, 0.15) is 17.5 Å². The normalized spacial score (nSPS) is 10.2. The maximum atomic E-state index is 9.61. The highest BCUT2D eigenvalue weighted by molar-refractivity contribution is 9.10. The van der Waals surface area contributed by atoms with Crippen LogP contribution in [0.15, 0.2) is 53.0 Å². The van der Waals surface area contributed by atoms with Crippen molar-refractivity contribution < 1.29 is 9.47 Å². The number of nitrogen functional groups attached to an aromatic ring is 1. The van der Waals surface area contributed by atoms with Crippen LogP contribution in [0.25, 0.3) is 22.4 Å². The summed E-state index contributed by atoms with van der Waals surface area (Å²) in [7, 11) is 3.13. The first-order valence-corrected chi connectivity index (χ1v) is 8.56. The molecule has 26 heavy (non-hydrogen) atoms. The molecule has 2 aromatic carbocycles. The van der Waals surface area contributed by atoms with Crippen molar-refractivity contribution in [3.8, 4) is 40.0 Å². The molecule has 1 heterocycles. The smallest absolute Gasteiger partial charge is 0.168 e. The van der Waals surface area contributed by atoms with Crippen LogP contribution in [-0.2, 0) is 0 Å². The van der Waals surface area contributed by atoms with Crippen LogP contribution in [0.4, 0.5) is 5.82 Å². The van der Waals surface area contributed by atoms with Crippen LogP contribution in [0.2, 0.25) is 0 Å². The summed E-state index contributed by atoms with van der Waals surface area (Å²) >= 11 is 3.46. The van der Waals surface area contributed by atoms with Gasteiger partial charge in [0.2, 0.25) is 0 Å². The lowest BCUT2D eigenvalue weighted by Gasteiger charge is -2.15. The minimum atomic E-state index is 0.171. The molecule has 0 aliphatic heterocycles. The van der Waals surface area contributed by atoms with Gasteiger partial charge in [0.25, 0.3) is 0 Å². The van der Waals surface area contributed by atoms with Gasteiger partial charge in [-0.15, -0.1) is 0 Å². The summed E-state index contributed by atoms with van der Waals surface area (Å²) in [6.07, 6.45) is 0. The van der Waals surface area contributed by atoms with E-state index in [9.17, 15) is 5.26 Å². The number of nitrogens with zero attached hydrogens (tertiary/aromatic N) is 2. The van der Waals surface area contributed by atoms with E-state index in [1.807, 2.05) is 42.5 Å². The fourth-order valence-corrected chi connectivity index (χ4v) is 3.19. The van der Waals surface area contributed by atoms with Gasteiger partial charge in [0, 0.05) is 21.2 Å². The van der Waals surface area contributed by atoms with Crippen molar-refractivity contribution in [2.45, 2.75) is 0 Å². The summed E-state index contributed by atoms with van der Waals surface area (Å²) in [4.78, 5) is 4.40. The van der Waals surface area contributed by atoms with Crippen molar-refractivity contribution >= 4 is 21.7 Å². The van der Waals surface area contributed by atoms with Crippen molar-refractivity contribution in [3.63, 3.8) is 0 Å². The zero-order valence-electron chi connectivity index (χ0n) is 14.3. The molecule has 2 N–H and O–H groups in total. The fourth-order valence-electron chi connectivity index (χ4n) is 2.79. The first kappa shape index (κ1) is 17.8. The number of hydrogen-bond acceptors (Lipinski definition) is 5. The third kappa shape index (κ3) is 3.22. The van der Waals surface area contributed by atoms with Gasteiger partial charge in [-0.2, -0.15) is 5.26 Å². The molecule has 0 unspecified atom stereocenters. The van der Waals surface area contributed by atoms with Crippen LogP contribution in [-0.4, -0.2) is 19.2 Å². The number of aromatic nitrogens is 1. The Bertz CT molecular complexity index is 1010. The van der Waals surface area contributed by atoms with Gasteiger partial charge < -0.3 is 15.2 Å². The lowest BCUT2D eigenvalue weighted by atomic mass is 9.97. The van der Waals surface area contributed by atoms with Crippen molar-refractivity contribution in [1.29, 1.82) is 5.26 Å². The fraction of sp³-hybridized carbons (Fsp3) is 0.100. The molecule has 0 spiro atoms. The number of ether oxygens (including phenoxy) is 2. The number of methoxy groups -OCH3 is 2. The number of pyridine rings is 1. The molecule has 5 nitrogen and oxygen atoms in total. The molecular weight excluding hydrogens is 394 g/mol. The Labute approximate surface area is 160 Å². The van der Waals surface area contributed by atoms with Crippen LogP contribution in [0.5, 0.6) is 11.5 Å². The van der Waals surface area contributed by atoms with Crippen molar-refractivity contribution in [1.82, 2.24) is 4.98 Å². The quantitative estimate of drug-likeness (QED) is 0.677. The second kappa shape index (κ2) is 7.46. The van der Waals surface area contributed by atoms with Crippen LogP contribution >= 0.6 is 15.9 Å². The van der Waals surface area contributed by atoms with Crippen molar-refractivity contribution in [2.24, 2.45) is 0 Å². The number of hydrogen-bond donors (Lipinski definition) is 1. The standard InChI is InChI=1S/C20H16BrN3O2/c1-25-18-8-4-7-14(19(18)26-2)15-10-17(24-20(23)16(15)11-22)12-5-3-6-13(21)9-12/h3-10H,1-2H3,(H2,23,24). The molecular formula is C20H16BrN3O2. The van der Waals surface area contributed by atoms with E-state index in [2.05, 4.69) is 27.0 Å². The highest BCUT2D eigenvalue weighted by Gasteiger charge is 2.18. The van der Waals surface area contributed by atoms with E-state index in [0.29, 0.717) is 33.9 Å². The zero-order chi connectivity index (χ0) is 18.7. The van der Waals surface area contributed by atoms with Gasteiger partial charge >= 0.3 is 0 Å². The van der Waals surface area contributed by atoms with Gasteiger partial charge in [-0.1, -0.05) is 40.2 Å². The number of para-hydroxylation sites is 1. The Morgan fingerprint density at radius 3 is 2.46 bits per heavy atom. The molecule has 1 aromatic heterocycles. The predicted octanol–water partition coefficient (Wildman–Crippen LogP) is 4.65. The number of rotatable bonds is 4. The van der Waals surface area contributed by atoms with Crippen molar-refractivity contribution in [2.75, 3.05) is 20.0 Å². The Morgan fingerprint density at radius 1 is 1.04 bits per heavy atom. The molecule has 0 saturated heterocycles. The highest BCUT2D eigenvalue weighted by Crippen LogP contribution is 2.41. The van der Waals surface area contributed by atoms with Crippen LogP contribution in [0, 0.1) is 11.3 Å². The van der Waals surface area contributed by atoms with E-state index in [0.717, 1.165) is 10.0 Å². The molecule has 0 saturated carbocycles. The van der Waals surface area contributed by atoms with Crippen molar-refractivity contribution in [3.05, 3.63) is 58.6 Å². The van der Waals surface area contributed by atoms with Gasteiger partial charge in [-0.3, -0.25) is 0 Å². The summed E-state index contributed by atoms with van der Waals surface area (Å²) in [5.41, 5.74) is 9.31. The predicted molar refractivity (Wildman–Crippen MR) is 105 cm³/mol. The molecule has 0 fully saturated rings. The highest BCUT2D eigenvalue weighted by atomic mass is 79.9. The Balaban J connectivity index is 2.30. The molecule has 0 bridgehead atoms. The maximum absolute atomic E-state index is 9.61. The Morgan fingerprint density at radius 2 is 1.81 bits per heavy atom. The second-order valence-corrected chi connectivity index (χ2v) is 6.39. The average molecular weight is 410 g/mol. The third-order valence-corrected chi connectivity index (χ3v) is 4.47. The minimum absolute atomic E-state index is 0.171. The molecule has 130 valence electrons. The first-order chi connectivity index (χ1) is 12.6. The third-order valence-electron chi connectivity index (χ3n) is 3.97. The molecule has 0 aliphatic rings. The Hall–Kier alpha value is -3.04. The summed E-state index contributed by atoms with van der Waals surface area (Å²) in [6.45, 7) is 0. The lowest BCUT2D eigenvalue weighted by Crippen LogP contribution is -2.01. The zero-order valence-corrected chi connectivity index (χ0v) is 15.9. The Kier molecular flexibility index (Phi) is 5.10. The molecule has 3 aromatic rings. The summed E-state index contributed by atoms with van der Waals surface area (Å²) in [5.74, 6) is 1.29. The topological polar surface area (TPSA) is 81.2 Å². The molecule has 0 atom stereocenters. The molecule has 0 radical (unpaired) electrons. The first-order valence-electron chi connectivity index (χ1n) is 7.77. The second-order valence-electron chi connectivity index (χ2n) is 5.48. The van der Waals surface area contributed by atoms with E-state index in [-0.39, 0.29) is 5.82 Å².